The number of amides is 1. The second-order valence-corrected chi connectivity index (χ2v) is 8.10. The largest absolute Gasteiger partial charge is 0.455 e. The van der Waals surface area contributed by atoms with E-state index in [-0.39, 0.29) is 31.4 Å². The number of nitrogens with zero attached hydrogens (tertiary/aromatic N) is 2. The van der Waals surface area contributed by atoms with E-state index in [1.807, 2.05) is 43.3 Å². The number of carbonyl (C=O) groups excluding carboxylic acids is 2. The minimum absolute atomic E-state index is 0.197. The third kappa shape index (κ3) is 4.83. The van der Waals surface area contributed by atoms with E-state index in [1.165, 1.54) is 4.90 Å². The Morgan fingerprint density at radius 3 is 2.33 bits per heavy atom. The number of carbonyl (C=O) groups is 2. The van der Waals surface area contributed by atoms with Crippen LogP contribution in [0.15, 0.2) is 48.5 Å². The van der Waals surface area contributed by atoms with E-state index in [2.05, 4.69) is 6.07 Å². The second kappa shape index (κ2) is 9.77. The number of rotatable bonds is 7. The van der Waals surface area contributed by atoms with E-state index in [9.17, 15) is 9.59 Å². The molecule has 6 heteroatoms. The lowest BCUT2D eigenvalue weighted by Crippen LogP contribution is -2.39. The molecule has 5 nitrogen and oxygen atoms in total. The highest BCUT2D eigenvalue weighted by Gasteiger charge is 2.44. The third-order valence-electron chi connectivity index (χ3n) is 5.67. The number of ether oxygens (including phenoxy) is 1. The first-order valence-corrected chi connectivity index (χ1v) is 10.5. The molecule has 3 rings (SSSR count). The lowest BCUT2D eigenvalue weighted by atomic mass is 9.79. The molecule has 0 saturated heterocycles. The van der Waals surface area contributed by atoms with E-state index >= 15 is 0 Å². The highest BCUT2D eigenvalue weighted by molar-refractivity contribution is 6.30. The molecular weight excluding hydrogens is 400 g/mol. The molecule has 0 aromatic heterocycles. The van der Waals surface area contributed by atoms with Crippen LogP contribution in [0.3, 0.4) is 0 Å². The zero-order valence-electron chi connectivity index (χ0n) is 17.1. The fourth-order valence-corrected chi connectivity index (χ4v) is 4.11. The molecule has 0 heterocycles. The quantitative estimate of drug-likeness (QED) is 0.589. The fourth-order valence-electron chi connectivity index (χ4n) is 3.99. The van der Waals surface area contributed by atoms with Crippen molar-refractivity contribution in [2.24, 2.45) is 0 Å². The summed E-state index contributed by atoms with van der Waals surface area (Å²) in [6.45, 7) is 1.86. The maximum atomic E-state index is 13.1. The van der Waals surface area contributed by atoms with Gasteiger partial charge < -0.3 is 9.64 Å². The number of esters is 1. The van der Waals surface area contributed by atoms with E-state index in [0.29, 0.717) is 23.6 Å². The number of benzene rings is 2. The summed E-state index contributed by atoms with van der Waals surface area (Å²) in [5.41, 5.74) is 1.91. The Bertz CT molecular complexity index is 926. The molecule has 0 atom stereocenters. The van der Waals surface area contributed by atoms with Gasteiger partial charge in [-0.3, -0.25) is 9.59 Å². The predicted molar refractivity (Wildman–Crippen MR) is 116 cm³/mol. The van der Waals surface area contributed by atoms with Crippen molar-refractivity contribution < 1.29 is 14.3 Å². The Kier molecular flexibility index (Phi) is 7.12. The standard InChI is InChI=1S/C24H25ClN2O3/c1-18-5-11-21(12-6-18)27(16-4-15-26)22(28)17-30-23(29)24(13-2-3-14-24)19-7-9-20(25)10-8-19/h5-12H,2-4,13-14,16-17H2,1H3. The van der Waals surface area contributed by atoms with Crippen molar-refractivity contribution in [3.8, 4) is 6.07 Å². The number of aryl methyl sites for hydroxylation is 1. The smallest absolute Gasteiger partial charge is 0.317 e. The van der Waals surface area contributed by atoms with Crippen LogP contribution < -0.4 is 4.90 Å². The zero-order chi connectivity index (χ0) is 21.6. The topological polar surface area (TPSA) is 70.4 Å². The molecule has 0 spiro atoms. The second-order valence-electron chi connectivity index (χ2n) is 7.66. The molecule has 156 valence electrons. The average molecular weight is 425 g/mol. The van der Waals surface area contributed by atoms with E-state index in [4.69, 9.17) is 21.6 Å². The van der Waals surface area contributed by atoms with Gasteiger partial charge in [0.05, 0.1) is 17.9 Å². The van der Waals surface area contributed by atoms with Gasteiger partial charge in [-0.15, -0.1) is 0 Å². The summed E-state index contributed by atoms with van der Waals surface area (Å²) in [5.74, 6) is -0.716. The number of anilines is 1. The first kappa shape index (κ1) is 21.9. The lowest BCUT2D eigenvalue weighted by Gasteiger charge is -2.28. The minimum atomic E-state index is -0.730. The van der Waals surface area contributed by atoms with Gasteiger partial charge in [0.2, 0.25) is 0 Å². The molecule has 1 amide bonds. The van der Waals surface area contributed by atoms with Crippen LogP contribution in [-0.4, -0.2) is 25.0 Å². The molecule has 2 aromatic carbocycles. The summed E-state index contributed by atoms with van der Waals surface area (Å²) in [6.07, 6.45) is 3.45. The van der Waals surface area contributed by atoms with Gasteiger partial charge in [0.1, 0.15) is 0 Å². The van der Waals surface area contributed by atoms with Crippen molar-refractivity contribution in [1.82, 2.24) is 0 Å². The Labute approximate surface area is 182 Å². The summed E-state index contributed by atoms with van der Waals surface area (Å²) >= 11 is 6.00. The monoisotopic (exact) mass is 424 g/mol. The molecule has 1 saturated carbocycles. The molecule has 0 bridgehead atoms. The Hall–Kier alpha value is -2.84. The van der Waals surface area contributed by atoms with Crippen LogP contribution in [0.2, 0.25) is 5.02 Å². The Morgan fingerprint density at radius 2 is 1.73 bits per heavy atom. The van der Waals surface area contributed by atoms with Gasteiger partial charge >= 0.3 is 5.97 Å². The van der Waals surface area contributed by atoms with Crippen molar-refractivity contribution in [1.29, 1.82) is 5.26 Å². The summed E-state index contributed by atoms with van der Waals surface area (Å²) in [5, 5.41) is 9.56. The van der Waals surface area contributed by atoms with Crippen molar-refractivity contribution >= 4 is 29.2 Å². The maximum Gasteiger partial charge on any atom is 0.317 e. The van der Waals surface area contributed by atoms with Crippen LogP contribution in [0.25, 0.3) is 0 Å². The minimum Gasteiger partial charge on any atom is -0.455 e. The lowest BCUT2D eigenvalue weighted by molar-refractivity contribution is -0.153. The molecule has 0 radical (unpaired) electrons. The third-order valence-corrected chi connectivity index (χ3v) is 5.92. The zero-order valence-corrected chi connectivity index (χ0v) is 17.8. The van der Waals surface area contributed by atoms with Gasteiger partial charge in [0.25, 0.3) is 5.91 Å². The summed E-state index contributed by atoms with van der Waals surface area (Å²) in [7, 11) is 0. The molecule has 30 heavy (non-hydrogen) atoms. The van der Waals surface area contributed by atoms with Crippen LogP contribution in [-0.2, 0) is 19.7 Å². The molecule has 0 aliphatic heterocycles. The van der Waals surface area contributed by atoms with E-state index in [0.717, 1.165) is 24.0 Å². The summed E-state index contributed by atoms with van der Waals surface area (Å²) in [6, 6.07) is 16.8. The fraction of sp³-hybridized carbons (Fsp3) is 0.375. The highest BCUT2D eigenvalue weighted by atomic mass is 35.5. The first-order valence-electron chi connectivity index (χ1n) is 10.1. The van der Waals surface area contributed by atoms with Gasteiger partial charge in [0, 0.05) is 17.3 Å². The van der Waals surface area contributed by atoms with Crippen molar-refractivity contribution in [3.05, 3.63) is 64.7 Å². The first-order chi connectivity index (χ1) is 14.5. The van der Waals surface area contributed by atoms with Crippen molar-refractivity contribution in [3.63, 3.8) is 0 Å². The number of hydrogen-bond acceptors (Lipinski definition) is 4. The maximum absolute atomic E-state index is 13.1. The molecule has 2 aromatic rings. The van der Waals surface area contributed by atoms with Crippen molar-refractivity contribution in [2.75, 3.05) is 18.1 Å². The molecule has 1 fully saturated rings. The Balaban J connectivity index is 1.73. The SMILES string of the molecule is Cc1ccc(N(CCC#N)C(=O)COC(=O)C2(c3ccc(Cl)cc3)CCCC2)cc1. The number of halogens is 1. The van der Waals surface area contributed by atoms with Crippen LogP contribution in [0.1, 0.15) is 43.2 Å². The van der Waals surface area contributed by atoms with Gasteiger partial charge in [-0.1, -0.05) is 54.3 Å². The number of nitriles is 1. The van der Waals surface area contributed by atoms with Crippen LogP contribution >= 0.6 is 11.6 Å². The summed E-state index contributed by atoms with van der Waals surface area (Å²) in [4.78, 5) is 27.5. The van der Waals surface area contributed by atoms with E-state index < -0.39 is 5.41 Å². The predicted octanol–water partition coefficient (Wildman–Crippen LogP) is 4.95. The van der Waals surface area contributed by atoms with Gasteiger partial charge in [-0.05, 0) is 49.6 Å². The Morgan fingerprint density at radius 1 is 1.10 bits per heavy atom. The highest BCUT2D eigenvalue weighted by Crippen LogP contribution is 2.42. The van der Waals surface area contributed by atoms with E-state index in [1.54, 1.807) is 12.1 Å². The van der Waals surface area contributed by atoms with Gasteiger partial charge in [-0.2, -0.15) is 5.26 Å². The molecule has 0 N–H and O–H groups in total. The summed E-state index contributed by atoms with van der Waals surface area (Å²) < 4.78 is 5.54. The van der Waals surface area contributed by atoms with Gasteiger partial charge in [0.15, 0.2) is 6.61 Å². The van der Waals surface area contributed by atoms with Crippen LogP contribution in [0, 0.1) is 18.3 Å². The molecule has 0 unspecified atom stereocenters. The van der Waals surface area contributed by atoms with Crippen LogP contribution in [0.5, 0.6) is 0 Å². The number of hydrogen-bond donors (Lipinski definition) is 0. The average Bonchev–Trinajstić information content (AvgIpc) is 3.25. The normalized spacial score (nSPS) is 14.7. The molecular formula is C24H25ClN2O3. The van der Waals surface area contributed by atoms with Gasteiger partial charge in [-0.25, -0.2) is 0 Å². The van der Waals surface area contributed by atoms with Crippen LogP contribution in [0.4, 0.5) is 5.69 Å². The van der Waals surface area contributed by atoms with Crippen molar-refractivity contribution in [2.45, 2.75) is 44.4 Å². The molecule has 1 aliphatic carbocycles. The molecule has 1 aliphatic rings.